The van der Waals surface area contributed by atoms with Crippen molar-refractivity contribution in [2.45, 2.75) is 19.1 Å². The van der Waals surface area contributed by atoms with Crippen molar-refractivity contribution in [3.8, 4) is 22.5 Å². The van der Waals surface area contributed by atoms with Crippen molar-refractivity contribution in [1.82, 2.24) is 24.7 Å². The Kier molecular flexibility index (Phi) is 4.67. The molecule has 0 saturated carbocycles. The van der Waals surface area contributed by atoms with E-state index in [2.05, 4.69) is 20.6 Å². The summed E-state index contributed by atoms with van der Waals surface area (Å²) >= 11 is 0. The van der Waals surface area contributed by atoms with Gasteiger partial charge in [-0.1, -0.05) is 12.1 Å². The maximum Gasteiger partial charge on any atom is 0.137 e. The summed E-state index contributed by atoms with van der Waals surface area (Å²) in [6, 6.07) is 12.2. The minimum atomic E-state index is -0.0595. The van der Waals surface area contributed by atoms with Crippen molar-refractivity contribution in [2.24, 2.45) is 0 Å². The number of nitrogens with zero attached hydrogens (tertiary/aromatic N) is 4. The van der Waals surface area contributed by atoms with E-state index in [1.807, 2.05) is 53.2 Å². The first-order chi connectivity index (χ1) is 14.3. The first-order valence-corrected chi connectivity index (χ1v) is 9.78. The van der Waals surface area contributed by atoms with Gasteiger partial charge in [-0.2, -0.15) is 0 Å². The lowest BCUT2D eigenvalue weighted by Crippen LogP contribution is -2.22. The van der Waals surface area contributed by atoms with Gasteiger partial charge < -0.3 is 15.7 Å². The summed E-state index contributed by atoms with van der Waals surface area (Å²) in [6.45, 7) is 1.94. The molecule has 5 heterocycles. The van der Waals surface area contributed by atoms with Gasteiger partial charge in [-0.05, 0) is 42.8 Å². The minimum absolute atomic E-state index is 0.0595. The van der Waals surface area contributed by atoms with Crippen LogP contribution in [0, 0.1) is 0 Å². The molecule has 29 heavy (non-hydrogen) atoms. The molecule has 5 rings (SSSR count). The lowest BCUT2D eigenvalue weighted by atomic mass is 10.0. The number of imidazole rings is 1. The smallest absolute Gasteiger partial charge is 0.137 e. The zero-order valence-electron chi connectivity index (χ0n) is 15.9. The maximum absolute atomic E-state index is 9.85. The average Bonchev–Trinajstić information content (AvgIpc) is 3.43. The van der Waals surface area contributed by atoms with Gasteiger partial charge in [0.1, 0.15) is 11.5 Å². The highest BCUT2D eigenvalue weighted by Gasteiger charge is 2.16. The van der Waals surface area contributed by atoms with E-state index in [0.717, 1.165) is 59.1 Å². The molecule has 0 amide bonds. The van der Waals surface area contributed by atoms with Gasteiger partial charge in [0.05, 0.1) is 24.2 Å². The Balaban J connectivity index is 1.57. The van der Waals surface area contributed by atoms with Crippen molar-refractivity contribution < 1.29 is 5.11 Å². The van der Waals surface area contributed by atoms with Crippen LogP contribution < -0.4 is 10.6 Å². The minimum Gasteiger partial charge on any atom is -0.392 e. The number of aliphatic hydroxyl groups excluding tert-OH is 1. The van der Waals surface area contributed by atoms with E-state index in [1.165, 1.54) is 0 Å². The van der Waals surface area contributed by atoms with E-state index in [9.17, 15) is 5.11 Å². The molecule has 1 aliphatic rings. The zero-order chi connectivity index (χ0) is 19.6. The molecule has 7 heteroatoms. The van der Waals surface area contributed by atoms with Crippen LogP contribution in [0.2, 0.25) is 0 Å². The fraction of sp³-hybridized carbons (Fsp3) is 0.227. The third-order valence-electron chi connectivity index (χ3n) is 5.30. The van der Waals surface area contributed by atoms with Crippen LogP contribution in [-0.2, 0) is 6.61 Å². The van der Waals surface area contributed by atoms with Crippen LogP contribution in [0.5, 0.6) is 0 Å². The third-order valence-corrected chi connectivity index (χ3v) is 5.30. The van der Waals surface area contributed by atoms with E-state index in [4.69, 9.17) is 4.98 Å². The van der Waals surface area contributed by atoms with Gasteiger partial charge >= 0.3 is 0 Å². The van der Waals surface area contributed by atoms with Crippen LogP contribution in [0.3, 0.4) is 0 Å². The summed E-state index contributed by atoms with van der Waals surface area (Å²) in [6.07, 6.45) is 8.47. The van der Waals surface area contributed by atoms with Crippen molar-refractivity contribution in [1.29, 1.82) is 0 Å². The second-order valence-electron chi connectivity index (χ2n) is 7.23. The molecule has 0 aromatic carbocycles. The number of hydrogen-bond donors (Lipinski definition) is 3. The molecule has 0 unspecified atom stereocenters. The lowest BCUT2D eigenvalue weighted by molar-refractivity contribution is 0.282. The second kappa shape index (κ2) is 7.62. The quantitative estimate of drug-likeness (QED) is 0.489. The maximum atomic E-state index is 9.85. The third kappa shape index (κ3) is 3.46. The first kappa shape index (κ1) is 17.8. The number of nitrogens with one attached hydrogen (secondary N) is 2. The molecule has 3 N–H and O–H groups in total. The summed E-state index contributed by atoms with van der Waals surface area (Å²) in [7, 11) is 0. The molecule has 0 radical (unpaired) electrons. The van der Waals surface area contributed by atoms with E-state index in [0.29, 0.717) is 6.04 Å². The number of aromatic nitrogens is 4. The monoisotopic (exact) mass is 386 g/mol. The van der Waals surface area contributed by atoms with Gasteiger partial charge in [0.2, 0.25) is 0 Å². The summed E-state index contributed by atoms with van der Waals surface area (Å²) in [5.74, 6) is 0.866. The second-order valence-corrected chi connectivity index (χ2v) is 7.23. The Morgan fingerprint density at radius 2 is 2.17 bits per heavy atom. The summed E-state index contributed by atoms with van der Waals surface area (Å²) in [5, 5.41) is 16.7. The van der Waals surface area contributed by atoms with Crippen LogP contribution in [0.15, 0.2) is 61.2 Å². The fourth-order valence-electron chi connectivity index (χ4n) is 3.81. The van der Waals surface area contributed by atoms with Gasteiger partial charge in [0.25, 0.3) is 0 Å². The molecular weight excluding hydrogens is 364 g/mol. The Labute approximate surface area is 168 Å². The molecule has 0 spiro atoms. The Morgan fingerprint density at radius 1 is 1.21 bits per heavy atom. The standard InChI is InChI=1S/C22H22N6O/c29-14-16-9-22-25-12-20(28(22)13-18(16)15-3-2-7-23-10-15)19-4-1-5-21(27-19)26-17-6-8-24-11-17/h1-5,7,9-10,12-13,17,24,29H,6,8,11,14H2,(H,26,27)/t17-/m1/s1. The number of pyridine rings is 3. The van der Waals surface area contributed by atoms with Crippen LogP contribution in [0.25, 0.3) is 28.2 Å². The Bertz CT molecular complexity index is 1130. The highest BCUT2D eigenvalue weighted by molar-refractivity contribution is 5.71. The molecule has 0 bridgehead atoms. The van der Waals surface area contributed by atoms with Crippen LogP contribution in [-0.4, -0.2) is 43.6 Å². The predicted molar refractivity (Wildman–Crippen MR) is 112 cm³/mol. The Hall–Kier alpha value is -3.29. The number of aliphatic hydroxyl groups is 1. The van der Waals surface area contributed by atoms with E-state index in [-0.39, 0.29) is 6.61 Å². The molecule has 146 valence electrons. The number of fused-ring (bicyclic) bond motifs is 1. The zero-order valence-corrected chi connectivity index (χ0v) is 15.9. The van der Waals surface area contributed by atoms with Crippen LogP contribution in [0.1, 0.15) is 12.0 Å². The van der Waals surface area contributed by atoms with Crippen molar-refractivity contribution >= 4 is 11.5 Å². The predicted octanol–water partition coefficient (Wildman–Crippen LogP) is 2.72. The van der Waals surface area contributed by atoms with Gasteiger partial charge in [-0.15, -0.1) is 0 Å². The average molecular weight is 386 g/mol. The van der Waals surface area contributed by atoms with E-state index >= 15 is 0 Å². The lowest BCUT2D eigenvalue weighted by Gasteiger charge is -2.13. The largest absolute Gasteiger partial charge is 0.392 e. The molecule has 7 nitrogen and oxygen atoms in total. The molecule has 4 aromatic rings. The van der Waals surface area contributed by atoms with Gasteiger partial charge in [0, 0.05) is 42.3 Å². The van der Waals surface area contributed by atoms with Crippen LogP contribution in [0.4, 0.5) is 5.82 Å². The molecular formula is C22H22N6O. The molecule has 4 aromatic heterocycles. The molecule has 1 fully saturated rings. The number of anilines is 1. The normalized spacial score (nSPS) is 16.4. The highest BCUT2D eigenvalue weighted by Crippen LogP contribution is 2.28. The van der Waals surface area contributed by atoms with Gasteiger partial charge in [-0.3, -0.25) is 9.38 Å². The summed E-state index contributed by atoms with van der Waals surface area (Å²) in [4.78, 5) is 13.6. The topological polar surface area (TPSA) is 87.4 Å². The van der Waals surface area contributed by atoms with Gasteiger partial charge in [-0.25, -0.2) is 9.97 Å². The summed E-state index contributed by atoms with van der Waals surface area (Å²) < 4.78 is 2.02. The molecule has 1 saturated heterocycles. The van der Waals surface area contributed by atoms with Crippen molar-refractivity contribution in [3.63, 3.8) is 0 Å². The fourth-order valence-corrected chi connectivity index (χ4v) is 3.81. The highest BCUT2D eigenvalue weighted by atomic mass is 16.3. The molecule has 0 aliphatic carbocycles. The Morgan fingerprint density at radius 3 is 2.97 bits per heavy atom. The number of hydrogen-bond acceptors (Lipinski definition) is 6. The van der Waals surface area contributed by atoms with Crippen LogP contribution >= 0.6 is 0 Å². The van der Waals surface area contributed by atoms with Crippen molar-refractivity contribution in [3.05, 3.63) is 66.7 Å². The SMILES string of the molecule is OCc1cc2ncc(-c3cccc(N[C@@H]4CCNC4)n3)n2cc1-c1cccnc1. The first-order valence-electron chi connectivity index (χ1n) is 9.78. The van der Waals surface area contributed by atoms with Gasteiger partial charge in [0.15, 0.2) is 0 Å². The van der Waals surface area contributed by atoms with E-state index < -0.39 is 0 Å². The number of rotatable bonds is 5. The van der Waals surface area contributed by atoms with Crippen molar-refractivity contribution in [2.75, 3.05) is 18.4 Å². The van der Waals surface area contributed by atoms with E-state index in [1.54, 1.807) is 12.4 Å². The molecule has 1 atom stereocenters. The summed E-state index contributed by atoms with van der Waals surface area (Å²) in [5.41, 5.74) is 5.23. The molecule has 1 aliphatic heterocycles.